The normalized spacial score (nSPS) is 45.7. The van der Waals surface area contributed by atoms with Crippen molar-refractivity contribution in [2.45, 2.75) is 310 Å². The molecule has 8 N–H and O–H groups in total. The van der Waals surface area contributed by atoms with Gasteiger partial charge < -0.3 is 36.9 Å². The first-order chi connectivity index (χ1) is 51.2. The van der Waals surface area contributed by atoms with E-state index < -0.39 is 0 Å². The number of aliphatic hydroxyl groups excluding tert-OH is 2. The summed E-state index contributed by atoms with van der Waals surface area (Å²) in [6.07, 6.45) is 67.8. The smallest absolute Gasteiger partial charge is 0.209 e. The maximum absolute atomic E-state index is 10.7. The molecule has 0 aromatic heterocycles. The second kappa shape index (κ2) is 43.4. The molecule has 28 aliphatic rings. The third-order valence-electron chi connectivity index (χ3n) is 33.2. The fourth-order valence-corrected chi connectivity index (χ4v) is 32.5. The standard InChI is InChI=1S/3C12H20.C11H17NO2.3C11H19N.C2H4Cl2.2C2H6O.3CH3F.2CH4O/c3*1-2-12-6-9-3-10(7-12)5-11(4-9)8-12;13-12(14)7-11-4-8-1-9(5-11)3-10(2-8)6-11;3*12-7-11-4-8-1-9(5-11)3-10(2-8)6-11;3-1-2-4;2*1-3-2;5*1-2/h3*9-11H,2-8H2,1H3;8-10H,1-7H2;3*8-10H,1-7,12H2;1-2H2;2*1-2H3;3*1H3;2*2H,1H3. The Kier molecular flexibility index (Phi) is 38.0. The second-order valence-corrected chi connectivity index (χ2v) is 42.0. The number of alkyl halides is 5. The molecule has 28 rings (SSSR count). The highest BCUT2D eigenvalue weighted by Crippen LogP contribution is 2.67. The van der Waals surface area contributed by atoms with Gasteiger partial charge in [0.05, 0.1) is 21.5 Å². The fraction of sp³-hybridized carbons (Fsp3) is 1.00. The van der Waals surface area contributed by atoms with Crippen molar-refractivity contribution < 1.29 is 37.8 Å². The van der Waals surface area contributed by atoms with Crippen molar-refractivity contribution in [1.29, 1.82) is 0 Å². The van der Waals surface area contributed by atoms with Crippen molar-refractivity contribution in [2.24, 2.45) is 179 Å². The van der Waals surface area contributed by atoms with Crippen LogP contribution in [0, 0.1) is 172 Å². The van der Waals surface area contributed by atoms with Crippen LogP contribution < -0.4 is 17.2 Å². The number of ether oxygens (including phenoxy) is 2. The molecule has 0 aromatic carbocycles. The van der Waals surface area contributed by atoms with E-state index in [1.54, 1.807) is 144 Å². The molecule has 28 bridgehead atoms. The Hall–Kier alpha value is -0.510. The van der Waals surface area contributed by atoms with Gasteiger partial charge in [0.25, 0.3) is 0 Å². The number of rotatable bonds is 9. The summed E-state index contributed by atoms with van der Waals surface area (Å²) in [5.41, 5.74) is 22.3. The molecule has 0 spiro atoms. The molecule has 0 atom stereocenters. The molecule has 0 aliphatic heterocycles. The van der Waals surface area contributed by atoms with Crippen LogP contribution in [0.25, 0.3) is 0 Å². The highest BCUT2D eigenvalue weighted by atomic mass is 35.5. The average Bonchev–Trinajstić information content (AvgIpc) is 0.953. The second-order valence-electron chi connectivity index (χ2n) is 41.3. The van der Waals surface area contributed by atoms with Gasteiger partial charge in [0.15, 0.2) is 0 Å². The van der Waals surface area contributed by atoms with Crippen molar-refractivity contribution in [1.82, 2.24) is 0 Å². The first kappa shape index (κ1) is 92.7. The molecular weight excluding hydrogens is 1370 g/mol. The molecule has 28 aliphatic carbocycles. The minimum Gasteiger partial charge on any atom is -0.400 e. The highest BCUT2D eigenvalue weighted by Gasteiger charge is 2.57. The number of hydrogen-bond donors (Lipinski definition) is 5. The van der Waals surface area contributed by atoms with Gasteiger partial charge in [0.1, 0.15) is 0 Å². The lowest BCUT2D eigenvalue weighted by Gasteiger charge is -2.56. The zero-order chi connectivity index (χ0) is 77.7. The highest BCUT2D eigenvalue weighted by molar-refractivity contribution is 6.25. The van der Waals surface area contributed by atoms with Crippen LogP contribution in [0.5, 0.6) is 0 Å². The monoisotopic (exact) mass is 1540 g/mol. The summed E-state index contributed by atoms with van der Waals surface area (Å²) in [6, 6.07) is 0. The SMILES string of the molecule is CCC12CC3CC(CC(C3)C1)C2.CCC12CC3CC(CC(C3)C1)C2.CCC12CC3CC(CC(C3)C1)C2.CF.CF.CF.CO.CO.COC.COC.ClCCCl.NCC12CC3CC(CC(C3)C1)C2.NCC12CC3CC(CC(C3)C1)C2.NCC12CC3CC(CC(C3)C1)C2.O=[N+]([O-])CC12CC3CC(CC(C3)C1)C2. The molecule has 28 saturated carbocycles. The molecule has 15 heteroatoms. The summed E-state index contributed by atoms with van der Waals surface area (Å²) in [6.45, 7) is 10.4. The molecule has 106 heavy (non-hydrogen) atoms. The number of nitrogens with zero attached hydrogens (tertiary/aromatic N) is 1. The topological polar surface area (TPSA) is 180 Å². The maximum Gasteiger partial charge on any atom is 0.209 e. The third-order valence-corrected chi connectivity index (χ3v) is 33.8. The van der Waals surface area contributed by atoms with E-state index in [4.69, 9.17) is 50.6 Å². The van der Waals surface area contributed by atoms with Gasteiger partial charge in [-0.1, -0.05) is 40.0 Å². The van der Waals surface area contributed by atoms with E-state index in [9.17, 15) is 23.3 Å². The molecule has 0 aromatic rings. The number of aliphatic hydroxyl groups is 2. The van der Waals surface area contributed by atoms with Crippen LogP contribution in [0.4, 0.5) is 13.2 Å². The van der Waals surface area contributed by atoms with Crippen LogP contribution >= 0.6 is 23.2 Å². The van der Waals surface area contributed by atoms with Crippen LogP contribution in [-0.2, 0) is 9.47 Å². The average molecular weight is 1540 g/mol. The predicted molar refractivity (Wildman–Crippen MR) is 439 cm³/mol. The van der Waals surface area contributed by atoms with Crippen LogP contribution in [0.3, 0.4) is 0 Å². The Bertz CT molecular complexity index is 1880. The Morgan fingerprint density at radius 3 is 0.481 bits per heavy atom. The molecule has 28 fully saturated rings. The fourth-order valence-electron chi connectivity index (χ4n) is 32.5. The lowest BCUT2D eigenvalue weighted by molar-refractivity contribution is -0.503. The zero-order valence-electron chi connectivity index (χ0n) is 70.3. The predicted octanol–water partition coefficient (Wildman–Crippen LogP) is 22.8. The van der Waals surface area contributed by atoms with Gasteiger partial charge in [-0.2, -0.15) is 0 Å². The van der Waals surface area contributed by atoms with Crippen LogP contribution in [0.15, 0.2) is 0 Å². The number of methoxy groups -OCH3 is 2. The summed E-state index contributed by atoms with van der Waals surface area (Å²) >= 11 is 10.1. The van der Waals surface area contributed by atoms with E-state index in [0.29, 0.717) is 49.5 Å². The Morgan fingerprint density at radius 1 is 0.292 bits per heavy atom. The van der Waals surface area contributed by atoms with Gasteiger partial charge in [-0.25, -0.2) is 0 Å². The first-order valence-electron chi connectivity index (χ1n) is 44.3. The minimum atomic E-state index is -0.0762. The Morgan fingerprint density at radius 2 is 0.396 bits per heavy atom. The van der Waals surface area contributed by atoms with E-state index in [2.05, 4.69) is 30.2 Å². The van der Waals surface area contributed by atoms with Crippen molar-refractivity contribution in [3.8, 4) is 0 Å². The van der Waals surface area contributed by atoms with Crippen molar-refractivity contribution in [3.63, 3.8) is 0 Å². The number of halogens is 5. The van der Waals surface area contributed by atoms with Gasteiger partial charge in [0, 0.05) is 64.8 Å². The summed E-state index contributed by atoms with van der Waals surface area (Å²) in [5, 5.41) is 24.7. The summed E-state index contributed by atoms with van der Waals surface area (Å²) in [4.78, 5) is 10.6. The van der Waals surface area contributed by atoms with Gasteiger partial charge >= 0.3 is 0 Å². The Balaban J connectivity index is 0.000000166. The zero-order valence-corrected chi connectivity index (χ0v) is 71.8. The minimum absolute atomic E-state index is 0.0762. The van der Waals surface area contributed by atoms with Gasteiger partial charge in [0.2, 0.25) is 6.54 Å². The van der Waals surface area contributed by atoms with E-state index in [-0.39, 0.29) is 16.9 Å². The van der Waals surface area contributed by atoms with Gasteiger partial charge in [-0.15, -0.1) is 23.2 Å². The molecule has 0 radical (unpaired) electrons. The summed E-state index contributed by atoms with van der Waals surface area (Å²) < 4.78 is 37.0. The molecule has 0 unspecified atom stereocenters. The van der Waals surface area contributed by atoms with Crippen molar-refractivity contribution in [3.05, 3.63) is 10.1 Å². The van der Waals surface area contributed by atoms with Gasteiger partial charge in [-0.3, -0.25) is 23.3 Å². The summed E-state index contributed by atoms with van der Waals surface area (Å²) in [5.74, 6) is 23.6. The lowest BCUT2D eigenvalue weighted by Crippen LogP contribution is -2.49. The van der Waals surface area contributed by atoms with E-state index in [1.807, 2.05) is 0 Å². The van der Waals surface area contributed by atoms with Crippen LogP contribution in [0.2, 0.25) is 0 Å². The molecule has 0 heterocycles. The van der Waals surface area contributed by atoms with Gasteiger partial charge in [-0.05, 0) is 446 Å². The van der Waals surface area contributed by atoms with Crippen molar-refractivity contribution >= 4 is 23.2 Å². The molecule has 0 amide bonds. The molecule has 622 valence electrons. The van der Waals surface area contributed by atoms with Crippen LogP contribution in [0.1, 0.15) is 310 Å². The third kappa shape index (κ3) is 24.1. The van der Waals surface area contributed by atoms with E-state index >= 15 is 0 Å². The van der Waals surface area contributed by atoms with Crippen molar-refractivity contribution in [2.75, 3.05) is 102 Å². The van der Waals surface area contributed by atoms with E-state index in [1.165, 1.54) is 154 Å². The number of hydrogen-bond acceptors (Lipinski definition) is 9. The number of nitrogens with two attached hydrogens (primary N) is 3. The molecule has 10 nitrogen and oxygen atoms in total. The lowest BCUT2D eigenvalue weighted by atomic mass is 9.49. The van der Waals surface area contributed by atoms with E-state index in [0.717, 1.165) is 194 Å². The number of nitro groups is 1. The molecular formula is C91H167Cl2F3N4O6. The first-order valence-corrected chi connectivity index (χ1v) is 45.4. The van der Waals surface area contributed by atoms with Crippen LogP contribution in [-0.4, -0.2) is 117 Å². The largest absolute Gasteiger partial charge is 0.400 e. The maximum atomic E-state index is 10.7. The summed E-state index contributed by atoms with van der Waals surface area (Å²) in [7, 11) is 10.0. The quantitative estimate of drug-likeness (QED) is 0.0853. The Labute approximate surface area is 658 Å². The molecule has 0 saturated heterocycles.